The van der Waals surface area contributed by atoms with Crippen molar-refractivity contribution in [3.63, 3.8) is 0 Å². The lowest BCUT2D eigenvalue weighted by molar-refractivity contribution is 0.172. The SMILES string of the molecule is CCOc1ccc(CC(CCC2NCCc3cc(OC)c(OC)cc32)(CCC2NCCc3cc(OC)c(OC)cc32)CCC2NCCc3cc(OC)c(OC)cc32)cc1. The Balaban J connectivity index is 1.26. The average molecular weight is 808 g/mol. The van der Waals surface area contributed by atoms with E-state index in [1.807, 2.05) is 6.92 Å². The van der Waals surface area contributed by atoms with Crippen LogP contribution in [0.1, 0.15) is 103 Å². The fourth-order valence-electron chi connectivity index (χ4n) is 9.97. The van der Waals surface area contributed by atoms with Crippen LogP contribution < -0.4 is 49.1 Å². The molecule has 0 saturated heterocycles. The van der Waals surface area contributed by atoms with Crippen LogP contribution in [-0.4, -0.2) is 68.9 Å². The van der Waals surface area contributed by atoms with Gasteiger partial charge in [-0.2, -0.15) is 0 Å². The van der Waals surface area contributed by atoms with Crippen LogP contribution in [0.2, 0.25) is 0 Å². The van der Waals surface area contributed by atoms with E-state index in [1.54, 1.807) is 42.7 Å². The maximum absolute atomic E-state index is 5.90. The van der Waals surface area contributed by atoms with Crippen LogP contribution in [-0.2, 0) is 25.7 Å². The molecule has 3 atom stereocenters. The summed E-state index contributed by atoms with van der Waals surface area (Å²) in [6, 6.07) is 22.6. The molecule has 10 heteroatoms. The molecule has 0 saturated carbocycles. The third-order valence-electron chi connectivity index (χ3n) is 13.1. The molecule has 0 aromatic heterocycles. The van der Waals surface area contributed by atoms with E-state index >= 15 is 0 Å². The second-order valence-corrected chi connectivity index (χ2v) is 16.4. The highest BCUT2D eigenvalue weighted by molar-refractivity contribution is 5.51. The van der Waals surface area contributed by atoms with Crippen molar-refractivity contribution in [3.05, 3.63) is 99.6 Å². The van der Waals surface area contributed by atoms with E-state index < -0.39 is 0 Å². The van der Waals surface area contributed by atoms with Gasteiger partial charge in [-0.05, 0) is 184 Å². The smallest absolute Gasteiger partial charge is 0.161 e. The molecular formula is C49H65N3O7. The van der Waals surface area contributed by atoms with Gasteiger partial charge in [-0.1, -0.05) is 12.1 Å². The van der Waals surface area contributed by atoms with E-state index in [1.165, 1.54) is 38.9 Å². The minimum Gasteiger partial charge on any atom is -0.494 e. The maximum Gasteiger partial charge on any atom is 0.161 e. The average Bonchev–Trinajstić information content (AvgIpc) is 3.28. The van der Waals surface area contributed by atoms with Crippen molar-refractivity contribution in [3.8, 4) is 40.2 Å². The summed E-state index contributed by atoms with van der Waals surface area (Å²) < 4.78 is 40.6. The molecule has 3 aliphatic heterocycles. The number of nitrogens with one attached hydrogen (secondary N) is 3. The van der Waals surface area contributed by atoms with Crippen LogP contribution in [0.3, 0.4) is 0 Å². The molecule has 7 rings (SSSR count). The number of rotatable bonds is 19. The van der Waals surface area contributed by atoms with Crippen molar-refractivity contribution >= 4 is 0 Å². The van der Waals surface area contributed by atoms with Gasteiger partial charge < -0.3 is 49.1 Å². The molecule has 0 bridgehead atoms. The van der Waals surface area contributed by atoms with Gasteiger partial charge in [0.2, 0.25) is 0 Å². The maximum atomic E-state index is 5.90. The van der Waals surface area contributed by atoms with Gasteiger partial charge in [0.25, 0.3) is 0 Å². The molecule has 0 fully saturated rings. The highest BCUT2D eigenvalue weighted by Crippen LogP contribution is 2.47. The normalized spacial score (nSPS) is 19.3. The highest BCUT2D eigenvalue weighted by atomic mass is 16.5. The summed E-state index contributed by atoms with van der Waals surface area (Å²) in [5.74, 6) is 5.63. The molecule has 0 amide bonds. The summed E-state index contributed by atoms with van der Waals surface area (Å²) >= 11 is 0. The Bertz CT molecular complexity index is 1830. The summed E-state index contributed by atoms with van der Waals surface area (Å²) in [5.41, 5.74) is 9.26. The Hall–Kier alpha value is -4.64. The van der Waals surface area contributed by atoms with Crippen molar-refractivity contribution < 1.29 is 33.2 Å². The van der Waals surface area contributed by atoms with Gasteiger partial charge in [0.05, 0.1) is 49.3 Å². The van der Waals surface area contributed by atoms with Crippen LogP contribution >= 0.6 is 0 Å². The van der Waals surface area contributed by atoms with E-state index in [0.29, 0.717) is 6.61 Å². The van der Waals surface area contributed by atoms with Crippen molar-refractivity contribution in [2.24, 2.45) is 5.41 Å². The first-order chi connectivity index (χ1) is 28.8. The van der Waals surface area contributed by atoms with E-state index in [9.17, 15) is 0 Å². The second kappa shape index (κ2) is 19.6. The Morgan fingerprint density at radius 1 is 0.492 bits per heavy atom. The Kier molecular flexibility index (Phi) is 14.1. The molecule has 0 aliphatic carbocycles. The number of hydrogen-bond donors (Lipinski definition) is 3. The Morgan fingerprint density at radius 2 is 0.831 bits per heavy atom. The number of methoxy groups -OCH3 is 6. The predicted octanol–water partition coefficient (Wildman–Crippen LogP) is 8.67. The summed E-state index contributed by atoms with van der Waals surface area (Å²) in [6.45, 7) is 5.48. The summed E-state index contributed by atoms with van der Waals surface area (Å²) in [5, 5.41) is 11.8. The summed E-state index contributed by atoms with van der Waals surface area (Å²) in [6.07, 6.45) is 9.98. The lowest BCUT2D eigenvalue weighted by Crippen LogP contribution is -2.36. The second-order valence-electron chi connectivity index (χ2n) is 16.4. The summed E-state index contributed by atoms with van der Waals surface area (Å²) in [7, 11) is 10.3. The largest absolute Gasteiger partial charge is 0.494 e. The molecule has 0 radical (unpaired) electrons. The van der Waals surface area contributed by atoms with Gasteiger partial charge in [-0.15, -0.1) is 0 Å². The predicted molar refractivity (Wildman–Crippen MR) is 233 cm³/mol. The van der Waals surface area contributed by atoms with Gasteiger partial charge in [-0.3, -0.25) is 0 Å². The van der Waals surface area contributed by atoms with Gasteiger partial charge >= 0.3 is 0 Å². The first-order valence-electron chi connectivity index (χ1n) is 21.5. The lowest BCUT2D eigenvalue weighted by Gasteiger charge is -2.40. The molecular weight excluding hydrogens is 743 g/mol. The third-order valence-corrected chi connectivity index (χ3v) is 13.1. The Labute approximate surface area is 351 Å². The third kappa shape index (κ3) is 9.56. The van der Waals surface area contributed by atoms with Gasteiger partial charge in [0.15, 0.2) is 34.5 Å². The fourth-order valence-corrected chi connectivity index (χ4v) is 9.97. The van der Waals surface area contributed by atoms with E-state index in [4.69, 9.17) is 33.2 Å². The van der Waals surface area contributed by atoms with Gasteiger partial charge in [0, 0.05) is 18.1 Å². The van der Waals surface area contributed by atoms with Gasteiger partial charge in [-0.25, -0.2) is 0 Å². The molecule has 3 heterocycles. The molecule has 3 aliphatic rings. The molecule has 4 aromatic carbocycles. The van der Waals surface area contributed by atoms with Crippen LogP contribution in [0.15, 0.2) is 60.7 Å². The Morgan fingerprint density at radius 3 is 1.15 bits per heavy atom. The zero-order valence-electron chi connectivity index (χ0n) is 36.3. The van der Waals surface area contributed by atoms with Crippen molar-refractivity contribution in [2.75, 3.05) is 68.9 Å². The summed E-state index contributed by atoms with van der Waals surface area (Å²) in [4.78, 5) is 0. The topological polar surface area (TPSA) is 101 Å². The molecule has 3 N–H and O–H groups in total. The minimum atomic E-state index is -0.0331. The standard InChI is InChI=1S/C49H65N3O7/c1-8-59-36-11-9-32(10-12-36)31-49(19-13-40-37-28-46(56-5)43(53-2)25-33(37)16-22-50-40,20-14-41-38-29-47(57-6)44(54-3)26-34(38)17-23-51-41)21-15-42-39-30-48(58-7)45(55-4)27-35(39)18-24-52-42/h9-12,25-30,40-42,50-52H,8,13-24,31H2,1-7H3. The van der Waals surface area contributed by atoms with E-state index in [-0.39, 0.29) is 23.5 Å². The first-order valence-corrected chi connectivity index (χ1v) is 21.5. The minimum absolute atomic E-state index is 0.0331. The quantitative estimate of drug-likeness (QED) is 0.0854. The number of fused-ring (bicyclic) bond motifs is 3. The van der Waals surface area contributed by atoms with E-state index in [2.05, 4.69) is 76.6 Å². The monoisotopic (exact) mass is 807 g/mol. The highest BCUT2D eigenvalue weighted by Gasteiger charge is 2.36. The number of benzene rings is 4. The first kappa shape index (κ1) is 42.5. The van der Waals surface area contributed by atoms with Crippen LogP contribution in [0.25, 0.3) is 0 Å². The zero-order valence-corrected chi connectivity index (χ0v) is 36.3. The molecule has 59 heavy (non-hydrogen) atoms. The molecule has 10 nitrogen and oxygen atoms in total. The van der Waals surface area contributed by atoms with Crippen molar-refractivity contribution in [2.45, 2.75) is 89.3 Å². The molecule has 4 aromatic rings. The molecule has 318 valence electrons. The van der Waals surface area contributed by atoms with Crippen molar-refractivity contribution in [1.29, 1.82) is 0 Å². The fraction of sp³-hybridized carbons (Fsp3) is 0.510. The van der Waals surface area contributed by atoms with Crippen LogP contribution in [0, 0.1) is 5.41 Å². The van der Waals surface area contributed by atoms with Crippen molar-refractivity contribution in [1.82, 2.24) is 16.0 Å². The molecule has 0 spiro atoms. The number of hydrogen-bond acceptors (Lipinski definition) is 10. The molecule has 3 unspecified atom stereocenters. The van der Waals surface area contributed by atoms with E-state index in [0.717, 1.165) is 124 Å². The van der Waals surface area contributed by atoms with Crippen LogP contribution in [0.4, 0.5) is 0 Å². The van der Waals surface area contributed by atoms with Gasteiger partial charge in [0.1, 0.15) is 5.75 Å². The lowest BCUT2D eigenvalue weighted by atomic mass is 9.68. The zero-order chi connectivity index (χ0) is 41.4. The number of ether oxygens (including phenoxy) is 7. The van der Waals surface area contributed by atoms with Crippen LogP contribution in [0.5, 0.6) is 40.2 Å².